The molecular weight excluding hydrogens is 256 g/mol. The van der Waals surface area contributed by atoms with E-state index in [2.05, 4.69) is 26.6 Å². The predicted octanol–water partition coefficient (Wildman–Crippen LogP) is 2.30. The van der Waals surface area contributed by atoms with Gasteiger partial charge in [0.15, 0.2) is 0 Å². The van der Waals surface area contributed by atoms with Gasteiger partial charge in [0, 0.05) is 17.2 Å². The number of aryl methyl sites for hydroxylation is 1. The van der Waals surface area contributed by atoms with Crippen LogP contribution in [-0.2, 0) is 4.79 Å². The van der Waals surface area contributed by atoms with Crippen LogP contribution < -0.4 is 10.6 Å². The first-order valence-electron chi connectivity index (χ1n) is 4.79. The van der Waals surface area contributed by atoms with Crippen LogP contribution in [0.3, 0.4) is 0 Å². The highest BCUT2D eigenvalue weighted by atomic mass is 79.9. The van der Waals surface area contributed by atoms with Gasteiger partial charge in [0.05, 0.1) is 0 Å². The van der Waals surface area contributed by atoms with Crippen LogP contribution in [0.15, 0.2) is 22.7 Å². The third kappa shape index (κ3) is 2.96. The van der Waals surface area contributed by atoms with Crippen molar-refractivity contribution in [2.24, 2.45) is 0 Å². The molecule has 0 fully saturated rings. The molecule has 1 rings (SSSR count). The second kappa shape index (κ2) is 5.16. The molecule has 0 aromatic heterocycles. The molecule has 0 aliphatic heterocycles. The smallest absolute Gasteiger partial charge is 0.241 e. The fraction of sp³-hybridized carbons (Fsp3) is 0.364. The summed E-state index contributed by atoms with van der Waals surface area (Å²) in [4.78, 5) is 11.3. The van der Waals surface area contributed by atoms with Gasteiger partial charge in [-0.2, -0.15) is 0 Å². The van der Waals surface area contributed by atoms with Crippen LogP contribution in [0.4, 0.5) is 5.69 Å². The molecule has 0 aliphatic rings. The number of rotatable bonds is 3. The average Bonchev–Trinajstić information content (AvgIpc) is 2.23. The Bertz CT molecular complexity index is 366. The maximum atomic E-state index is 11.3. The molecule has 1 aromatic carbocycles. The number of likely N-dealkylation sites (N-methyl/N-ethyl adjacent to an activating group) is 1. The standard InChI is InChI=1S/C11H15BrN2O/c1-7-5-4-6-9(10(7)12)14-8(2)11(15)13-3/h4-6,8,14H,1-3H3,(H,13,15). The predicted molar refractivity (Wildman–Crippen MR) is 66.0 cm³/mol. The van der Waals surface area contributed by atoms with Crippen LogP contribution in [0.2, 0.25) is 0 Å². The highest BCUT2D eigenvalue weighted by Crippen LogP contribution is 2.26. The number of hydrogen-bond acceptors (Lipinski definition) is 2. The molecule has 0 radical (unpaired) electrons. The van der Waals surface area contributed by atoms with E-state index in [-0.39, 0.29) is 11.9 Å². The molecule has 15 heavy (non-hydrogen) atoms. The van der Waals surface area contributed by atoms with E-state index in [9.17, 15) is 4.79 Å². The van der Waals surface area contributed by atoms with E-state index in [1.165, 1.54) is 0 Å². The first kappa shape index (κ1) is 12.0. The molecule has 2 N–H and O–H groups in total. The van der Waals surface area contributed by atoms with E-state index in [1.807, 2.05) is 32.0 Å². The zero-order chi connectivity index (χ0) is 11.4. The van der Waals surface area contributed by atoms with Gasteiger partial charge < -0.3 is 10.6 Å². The Kier molecular flexibility index (Phi) is 4.15. The van der Waals surface area contributed by atoms with E-state index >= 15 is 0 Å². The Morgan fingerprint density at radius 2 is 2.13 bits per heavy atom. The van der Waals surface area contributed by atoms with E-state index in [0.29, 0.717) is 0 Å². The molecular formula is C11H15BrN2O. The first-order chi connectivity index (χ1) is 7.06. The molecule has 82 valence electrons. The molecule has 1 amide bonds. The summed E-state index contributed by atoms with van der Waals surface area (Å²) in [5, 5.41) is 5.75. The van der Waals surface area contributed by atoms with Crippen molar-refractivity contribution in [1.29, 1.82) is 0 Å². The molecule has 0 aliphatic carbocycles. The minimum atomic E-state index is -0.243. The highest BCUT2D eigenvalue weighted by Gasteiger charge is 2.12. The Morgan fingerprint density at radius 1 is 1.47 bits per heavy atom. The number of anilines is 1. The van der Waals surface area contributed by atoms with E-state index in [0.717, 1.165) is 15.7 Å². The number of carbonyl (C=O) groups is 1. The van der Waals surface area contributed by atoms with Gasteiger partial charge in [0.1, 0.15) is 6.04 Å². The number of hydrogen-bond donors (Lipinski definition) is 2. The number of amides is 1. The van der Waals surface area contributed by atoms with Crippen molar-refractivity contribution in [3.8, 4) is 0 Å². The van der Waals surface area contributed by atoms with Crippen LogP contribution in [0.25, 0.3) is 0 Å². The summed E-state index contributed by atoms with van der Waals surface area (Å²) in [5.41, 5.74) is 2.08. The normalized spacial score (nSPS) is 12.0. The van der Waals surface area contributed by atoms with E-state index in [1.54, 1.807) is 7.05 Å². The van der Waals surface area contributed by atoms with Gasteiger partial charge in [0.2, 0.25) is 5.91 Å². The van der Waals surface area contributed by atoms with Crippen LogP contribution in [0, 0.1) is 6.92 Å². The van der Waals surface area contributed by atoms with Crippen LogP contribution in [0.1, 0.15) is 12.5 Å². The highest BCUT2D eigenvalue weighted by molar-refractivity contribution is 9.10. The molecule has 3 nitrogen and oxygen atoms in total. The lowest BCUT2D eigenvalue weighted by atomic mass is 10.2. The Balaban J connectivity index is 2.81. The Morgan fingerprint density at radius 3 is 2.73 bits per heavy atom. The van der Waals surface area contributed by atoms with Crippen LogP contribution in [-0.4, -0.2) is 19.0 Å². The summed E-state index contributed by atoms with van der Waals surface area (Å²) in [5.74, 6) is -0.0246. The SMILES string of the molecule is CNC(=O)C(C)Nc1cccc(C)c1Br. The van der Waals surface area contributed by atoms with Crippen molar-refractivity contribution >= 4 is 27.5 Å². The lowest BCUT2D eigenvalue weighted by Gasteiger charge is -2.15. The lowest BCUT2D eigenvalue weighted by Crippen LogP contribution is -2.35. The van der Waals surface area contributed by atoms with E-state index in [4.69, 9.17) is 0 Å². The second-order valence-electron chi connectivity index (χ2n) is 3.42. The van der Waals surface area contributed by atoms with Crippen molar-refractivity contribution < 1.29 is 4.79 Å². The van der Waals surface area contributed by atoms with Crippen molar-refractivity contribution in [2.45, 2.75) is 19.9 Å². The second-order valence-corrected chi connectivity index (χ2v) is 4.21. The van der Waals surface area contributed by atoms with Crippen molar-refractivity contribution in [1.82, 2.24) is 5.32 Å². The minimum absolute atomic E-state index is 0.0246. The molecule has 0 heterocycles. The summed E-state index contributed by atoms with van der Waals surface area (Å²) >= 11 is 3.49. The van der Waals surface area contributed by atoms with Crippen LogP contribution in [0.5, 0.6) is 0 Å². The molecule has 0 saturated carbocycles. The number of nitrogens with one attached hydrogen (secondary N) is 2. The number of halogens is 1. The lowest BCUT2D eigenvalue weighted by molar-refractivity contribution is -0.121. The number of benzene rings is 1. The topological polar surface area (TPSA) is 41.1 Å². The Labute approximate surface area is 98.4 Å². The minimum Gasteiger partial charge on any atom is -0.373 e. The fourth-order valence-electron chi connectivity index (χ4n) is 1.27. The maximum Gasteiger partial charge on any atom is 0.241 e. The van der Waals surface area contributed by atoms with Crippen LogP contribution >= 0.6 is 15.9 Å². The molecule has 0 spiro atoms. The molecule has 1 atom stereocenters. The van der Waals surface area contributed by atoms with Gasteiger partial charge in [0.25, 0.3) is 0 Å². The van der Waals surface area contributed by atoms with Gasteiger partial charge in [-0.25, -0.2) is 0 Å². The van der Waals surface area contributed by atoms with Gasteiger partial charge >= 0.3 is 0 Å². The average molecular weight is 271 g/mol. The summed E-state index contributed by atoms with van der Waals surface area (Å²) in [6.07, 6.45) is 0. The first-order valence-corrected chi connectivity index (χ1v) is 5.58. The number of carbonyl (C=O) groups excluding carboxylic acids is 1. The largest absolute Gasteiger partial charge is 0.373 e. The summed E-state index contributed by atoms with van der Waals surface area (Å²) < 4.78 is 1.00. The van der Waals surface area contributed by atoms with Gasteiger partial charge in [-0.1, -0.05) is 12.1 Å². The van der Waals surface area contributed by atoms with Gasteiger partial charge in [-0.15, -0.1) is 0 Å². The quantitative estimate of drug-likeness (QED) is 0.885. The van der Waals surface area contributed by atoms with E-state index < -0.39 is 0 Å². The van der Waals surface area contributed by atoms with Gasteiger partial charge in [-0.3, -0.25) is 4.79 Å². The van der Waals surface area contributed by atoms with Gasteiger partial charge in [-0.05, 0) is 41.4 Å². The van der Waals surface area contributed by atoms with Crippen molar-refractivity contribution in [3.63, 3.8) is 0 Å². The summed E-state index contributed by atoms with van der Waals surface area (Å²) in [6.45, 7) is 3.84. The molecule has 0 saturated heterocycles. The zero-order valence-electron chi connectivity index (χ0n) is 9.10. The third-order valence-electron chi connectivity index (χ3n) is 2.20. The Hall–Kier alpha value is -1.03. The molecule has 0 bridgehead atoms. The third-order valence-corrected chi connectivity index (χ3v) is 3.26. The zero-order valence-corrected chi connectivity index (χ0v) is 10.7. The fourth-order valence-corrected chi connectivity index (χ4v) is 1.65. The summed E-state index contributed by atoms with van der Waals surface area (Å²) in [7, 11) is 1.63. The molecule has 4 heteroatoms. The monoisotopic (exact) mass is 270 g/mol. The van der Waals surface area contributed by atoms with Crippen molar-refractivity contribution in [2.75, 3.05) is 12.4 Å². The molecule has 1 aromatic rings. The molecule has 1 unspecified atom stereocenters. The summed E-state index contributed by atoms with van der Waals surface area (Å²) in [6, 6.07) is 5.67. The van der Waals surface area contributed by atoms with Crippen molar-refractivity contribution in [3.05, 3.63) is 28.2 Å². The maximum absolute atomic E-state index is 11.3.